The molecule has 0 saturated carbocycles. The molecule has 4 rings (SSSR count). The summed E-state index contributed by atoms with van der Waals surface area (Å²) in [7, 11) is 1.39. The van der Waals surface area contributed by atoms with Crippen molar-refractivity contribution >= 4 is 33.6 Å². The average Bonchev–Trinajstić information content (AvgIpc) is 3.50. The molecule has 0 bridgehead atoms. The van der Waals surface area contributed by atoms with Crippen molar-refractivity contribution in [1.82, 2.24) is 4.90 Å². The van der Waals surface area contributed by atoms with Crippen molar-refractivity contribution in [2.45, 2.75) is 86.0 Å². The number of primary amides is 1. The second-order valence-corrected chi connectivity index (χ2v) is 13.1. The molecule has 1 fully saturated rings. The van der Waals surface area contributed by atoms with Gasteiger partial charge in [0.05, 0.1) is 18.7 Å². The average molecular weight is 618 g/mol. The van der Waals surface area contributed by atoms with Crippen LogP contribution in [0.2, 0.25) is 0 Å². The van der Waals surface area contributed by atoms with Gasteiger partial charge in [-0.25, -0.2) is 4.79 Å². The van der Waals surface area contributed by atoms with Crippen molar-refractivity contribution < 1.29 is 14.3 Å². The summed E-state index contributed by atoms with van der Waals surface area (Å²) in [5.41, 5.74) is 12.4. The Hall–Kier alpha value is -3.50. The molecule has 2 aliphatic rings. The number of methoxy groups -OCH3 is 1. The molecule has 2 aromatic carbocycles. The number of carbonyl (C=O) groups excluding carboxylic acids is 2. The van der Waals surface area contributed by atoms with Gasteiger partial charge in [0.25, 0.3) is 0 Å². The monoisotopic (exact) mass is 617 g/mol. The Balaban J connectivity index is 0.000000315. The number of esters is 1. The fourth-order valence-corrected chi connectivity index (χ4v) is 6.26. The fourth-order valence-electron chi connectivity index (χ4n) is 5.33. The Morgan fingerprint density at radius 3 is 2.43 bits per heavy atom. The molecule has 44 heavy (non-hydrogen) atoms. The molecule has 1 aliphatic heterocycles. The maximum Gasteiger partial charge on any atom is 0.314 e. The van der Waals surface area contributed by atoms with E-state index < -0.39 is 0 Å². The molecule has 0 unspecified atom stereocenters. The number of hydrogen-bond acceptors (Lipinski definition) is 5. The van der Waals surface area contributed by atoms with Gasteiger partial charge in [-0.15, -0.1) is 0 Å². The Labute approximate surface area is 269 Å². The SMILES string of the molecule is C=C(S/C(=C\C)c1cccc2c1CCC2)c1ccc(CCC)c(C#N)c1.CC(C)C.COC(=O)CC1CCN(C(N)=O)CC1. The summed E-state index contributed by atoms with van der Waals surface area (Å²) >= 11 is 1.71. The van der Waals surface area contributed by atoms with E-state index in [0.29, 0.717) is 25.4 Å². The van der Waals surface area contributed by atoms with Gasteiger partial charge >= 0.3 is 12.0 Å². The van der Waals surface area contributed by atoms with E-state index in [1.165, 1.54) is 48.0 Å². The zero-order chi connectivity index (χ0) is 32.6. The molecular formula is C37H51N3O3S. The van der Waals surface area contributed by atoms with Crippen LogP contribution in [-0.4, -0.2) is 37.1 Å². The highest BCUT2D eigenvalue weighted by atomic mass is 32.2. The van der Waals surface area contributed by atoms with Gasteiger partial charge in [-0.1, -0.05) is 88.9 Å². The molecular weight excluding hydrogens is 566 g/mol. The molecule has 2 aromatic rings. The van der Waals surface area contributed by atoms with E-state index in [0.717, 1.165) is 53.2 Å². The number of urea groups is 1. The third kappa shape index (κ3) is 11.5. The second kappa shape index (κ2) is 19.0. The Kier molecular flexibility index (Phi) is 15.9. The Morgan fingerprint density at radius 1 is 1.18 bits per heavy atom. The van der Waals surface area contributed by atoms with Crippen LogP contribution in [0.4, 0.5) is 4.79 Å². The molecule has 2 amide bonds. The van der Waals surface area contributed by atoms with Crippen LogP contribution in [0, 0.1) is 23.2 Å². The van der Waals surface area contributed by atoms with Crippen LogP contribution in [0.15, 0.2) is 49.1 Å². The zero-order valence-corrected chi connectivity index (χ0v) is 28.4. The number of thioether (sulfide) groups is 1. The Morgan fingerprint density at radius 2 is 1.86 bits per heavy atom. The molecule has 2 N–H and O–H groups in total. The van der Waals surface area contributed by atoms with E-state index in [1.54, 1.807) is 16.7 Å². The number of ether oxygens (including phenoxy) is 1. The van der Waals surface area contributed by atoms with Crippen LogP contribution in [0.3, 0.4) is 0 Å². The van der Waals surface area contributed by atoms with E-state index in [9.17, 15) is 14.9 Å². The quantitative estimate of drug-likeness (QED) is 0.299. The van der Waals surface area contributed by atoms with Crippen molar-refractivity contribution in [3.05, 3.63) is 82.4 Å². The van der Waals surface area contributed by atoms with E-state index in [1.807, 2.05) is 6.07 Å². The zero-order valence-electron chi connectivity index (χ0n) is 27.6. The first kappa shape index (κ1) is 36.7. The normalized spacial score (nSPS) is 14.4. The predicted molar refractivity (Wildman–Crippen MR) is 185 cm³/mol. The van der Waals surface area contributed by atoms with E-state index in [4.69, 9.17) is 5.73 Å². The van der Waals surface area contributed by atoms with Crippen LogP contribution in [0.5, 0.6) is 0 Å². The van der Waals surface area contributed by atoms with E-state index >= 15 is 0 Å². The molecule has 0 aromatic heterocycles. The summed E-state index contributed by atoms with van der Waals surface area (Å²) in [6.07, 6.45) is 9.89. The number of likely N-dealkylation sites (tertiary alicyclic amines) is 1. The van der Waals surface area contributed by atoms with Crippen LogP contribution >= 0.6 is 11.8 Å². The second-order valence-electron chi connectivity index (χ2n) is 12.0. The number of allylic oxidation sites excluding steroid dienone is 1. The number of benzene rings is 2. The number of nitriles is 1. The van der Waals surface area contributed by atoms with Crippen molar-refractivity contribution in [2.24, 2.45) is 17.6 Å². The van der Waals surface area contributed by atoms with Gasteiger partial charge in [-0.3, -0.25) is 4.79 Å². The topological polar surface area (TPSA) is 96.4 Å². The summed E-state index contributed by atoms with van der Waals surface area (Å²) in [5.74, 6) is 0.987. The third-order valence-corrected chi connectivity index (χ3v) is 8.75. The molecule has 0 radical (unpaired) electrons. The van der Waals surface area contributed by atoms with Gasteiger partial charge in [0, 0.05) is 29.3 Å². The highest BCUT2D eigenvalue weighted by Gasteiger charge is 2.23. The number of hydrogen-bond donors (Lipinski definition) is 1. The van der Waals surface area contributed by atoms with Gasteiger partial charge in [0.1, 0.15) is 0 Å². The lowest BCUT2D eigenvalue weighted by molar-refractivity contribution is -0.142. The molecule has 0 spiro atoms. The van der Waals surface area contributed by atoms with Crippen molar-refractivity contribution in [2.75, 3.05) is 20.2 Å². The van der Waals surface area contributed by atoms with E-state index in [2.05, 4.69) is 88.4 Å². The predicted octanol–water partition coefficient (Wildman–Crippen LogP) is 8.77. The lowest BCUT2D eigenvalue weighted by atomic mass is 9.94. The van der Waals surface area contributed by atoms with E-state index in [-0.39, 0.29) is 12.0 Å². The first-order valence-electron chi connectivity index (χ1n) is 15.8. The standard InChI is InChI=1S/C24H25NS.C9H16N2O3.C4H10/c1-4-8-18-13-14-20(15-21(18)16-25)17(3)26-24(5-2)23-12-7-10-19-9-6-11-22(19)23;1-14-8(12)6-7-2-4-11(5-3-7)9(10)13;1-4(2)3/h5,7,10,12-15H,3-4,6,8-9,11H2,1-2H3;7H,2-6H2,1H3,(H2,10,13);4H,1-3H3/b24-5-;;. The summed E-state index contributed by atoms with van der Waals surface area (Å²) in [6, 6.07) is 14.8. The van der Waals surface area contributed by atoms with Crippen molar-refractivity contribution in [1.29, 1.82) is 5.26 Å². The number of nitrogens with two attached hydrogens (primary N) is 1. The largest absolute Gasteiger partial charge is 0.469 e. The summed E-state index contributed by atoms with van der Waals surface area (Å²) in [5, 5.41) is 9.47. The summed E-state index contributed by atoms with van der Waals surface area (Å²) in [6.45, 7) is 16.3. The fraction of sp³-hybridized carbons (Fsp3) is 0.486. The number of piperidine rings is 1. The first-order valence-corrected chi connectivity index (χ1v) is 16.6. The first-order chi connectivity index (χ1) is 21.0. The molecule has 1 saturated heterocycles. The minimum Gasteiger partial charge on any atom is -0.469 e. The van der Waals surface area contributed by atoms with Crippen LogP contribution in [0.1, 0.15) is 100 Å². The van der Waals surface area contributed by atoms with Gasteiger partial charge in [0.2, 0.25) is 0 Å². The summed E-state index contributed by atoms with van der Waals surface area (Å²) in [4.78, 5) is 25.6. The number of carbonyl (C=O) groups is 2. The van der Waals surface area contributed by atoms with Crippen LogP contribution < -0.4 is 5.73 Å². The van der Waals surface area contributed by atoms with Gasteiger partial charge in [-0.2, -0.15) is 5.26 Å². The lowest BCUT2D eigenvalue weighted by Gasteiger charge is -2.30. The number of rotatable bonds is 8. The van der Waals surface area contributed by atoms with Crippen LogP contribution in [0.25, 0.3) is 9.81 Å². The third-order valence-electron chi connectivity index (χ3n) is 7.59. The maximum atomic E-state index is 11.0. The molecule has 1 heterocycles. The Bertz CT molecular complexity index is 1330. The minimum atomic E-state index is -0.374. The number of amides is 2. The minimum absolute atomic E-state index is 0.178. The summed E-state index contributed by atoms with van der Waals surface area (Å²) < 4.78 is 4.58. The molecule has 0 atom stereocenters. The maximum absolute atomic E-state index is 11.0. The van der Waals surface area contributed by atoms with Crippen LogP contribution in [-0.2, 0) is 28.8 Å². The van der Waals surface area contributed by atoms with Gasteiger partial charge < -0.3 is 15.4 Å². The number of fused-ring (bicyclic) bond motifs is 1. The van der Waals surface area contributed by atoms with Gasteiger partial charge in [0.15, 0.2) is 0 Å². The number of nitrogens with zero attached hydrogens (tertiary/aromatic N) is 2. The highest BCUT2D eigenvalue weighted by molar-refractivity contribution is 8.16. The number of aryl methyl sites for hydroxylation is 2. The lowest BCUT2D eigenvalue weighted by Crippen LogP contribution is -2.41. The van der Waals surface area contributed by atoms with Crippen molar-refractivity contribution in [3.8, 4) is 6.07 Å². The van der Waals surface area contributed by atoms with Gasteiger partial charge in [-0.05, 0) is 91.2 Å². The van der Waals surface area contributed by atoms with Crippen molar-refractivity contribution in [3.63, 3.8) is 0 Å². The smallest absolute Gasteiger partial charge is 0.314 e. The molecule has 7 heteroatoms. The molecule has 6 nitrogen and oxygen atoms in total. The molecule has 1 aliphatic carbocycles. The molecule has 238 valence electrons. The highest BCUT2D eigenvalue weighted by Crippen LogP contribution is 2.41.